The van der Waals surface area contributed by atoms with Crippen LogP contribution in [0.4, 0.5) is 11.5 Å². The van der Waals surface area contributed by atoms with Gasteiger partial charge in [-0.1, -0.05) is 12.1 Å². The third kappa shape index (κ3) is 4.76. The smallest absolute Gasteiger partial charge is 0.162 e. The molecule has 5 aromatic rings. The normalized spacial score (nSPS) is 14.8. The van der Waals surface area contributed by atoms with E-state index in [9.17, 15) is 0 Å². The van der Waals surface area contributed by atoms with Crippen LogP contribution in [0, 0.1) is 0 Å². The van der Waals surface area contributed by atoms with E-state index in [0.717, 1.165) is 51.6 Å². The van der Waals surface area contributed by atoms with Crippen LogP contribution in [-0.4, -0.2) is 53.3 Å². The molecule has 6 rings (SSSR count). The Balaban J connectivity index is 1.36. The van der Waals surface area contributed by atoms with Gasteiger partial charge < -0.3 is 24.8 Å². The first-order valence-corrected chi connectivity index (χ1v) is 12.5. The average molecular weight is 510 g/mol. The number of methoxy groups -OCH3 is 2. The fraction of sp³-hybridized carbons (Fsp3) is 0.241. The maximum atomic E-state index is 7.81. The van der Waals surface area contributed by atoms with E-state index in [-0.39, 0.29) is 6.10 Å². The Labute approximate surface area is 221 Å². The van der Waals surface area contributed by atoms with Crippen molar-refractivity contribution in [2.45, 2.75) is 18.9 Å². The monoisotopic (exact) mass is 509 g/mol. The number of nitrogens with one attached hydrogen (secondary N) is 2. The van der Waals surface area contributed by atoms with Crippen LogP contribution < -0.4 is 24.8 Å². The fourth-order valence-corrected chi connectivity index (χ4v) is 4.70. The van der Waals surface area contributed by atoms with Gasteiger partial charge in [-0.3, -0.25) is 9.97 Å². The van der Waals surface area contributed by atoms with Crippen molar-refractivity contribution >= 4 is 33.4 Å². The minimum absolute atomic E-state index is 0.0161. The van der Waals surface area contributed by atoms with Gasteiger partial charge in [0.2, 0.25) is 0 Å². The molecule has 9 heteroatoms. The van der Waals surface area contributed by atoms with E-state index in [2.05, 4.69) is 25.3 Å². The topological polar surface area (TPSA) is 103 Å². The van der Waals surface area contributed by atoms with E-state index in [4.69, 9.17) is 15.6 Å². The standard InChI is InChI=1S/C29H28N6O3/c1-36-26-6-4-19(18-3-5-22-24(13-18)32-12-11-31-22)14-25(26)35-29-21-15-28(38-20-7-9-30-10-8-20)27(37-2)16-23(21)33-17-34-29/h3-6,11-17,20,30H,7-10H2,1-2H3,(H,33,34,35)/i/hD. The van der Waals surface area contributed by atoms with Crippen LogP contribution in [0.1, 0.15) is 12.8 Å². The number of ether oxygens (including phenoxy) is 3. The Morgan fingerprint density at radius 3 is 2.37 bits per heavy atom. The van der Waals surface area contributed by atoms with Crippen molar-refractivity contribution in [3.05, 3.63) is 67.3 Å². The van der Waals surface area contributed by atoms with Crippen molar-refractivity contribution in [1.82, 2.24) is 25.2 Å². The highest BCUT2D eigenvalue weighted by molar-refractivity contribution is 5.94. The zero-order valence-electron chi connectivity index (χ0n) is 22.2. The highest BCUT2D eigenvalue weighted by Gasteiger charge is 2.19. The summed E-state index contributed by atoms with van der Waals surface area (Å²) < 4.78 is 25.4. The Morgan fingerprint density at radius 2 is 1.55 bits per heavy atom. The lowest BCUT2D eigenvalue weighted by molar-refractivity contribution is 0.157. The largest absolute Gasteiger partial charge is 0.495 e. The first kappa shape index (κ1) is 22.7. The molecule has 0 atom stereocenters. The molecule has 0 unspecified atom stereocenters. The van der Waals surface area contributed by atoms with Gasteiger partial charge >= 0.3 is 0 Å². The molecule has 0 bridgehead atoms. The van der Waals surface area contributed by atoms with Crippen molar-refractivity contribution in [2.24, 2.45) is 0 Å². The van der Waals surface area contributed by atoms with Crippen molar-refractivity contribution in [2.75, 3.05) is 32.6 Å². The molecule has 3 heterocycles. The van der Waals surface area contributed by atoms with E-state index in [1.165, 1.54) is 6.33 Å². The summed E-state index contributed by atoms with van der Waals surface area (Å²) in [7, 11) is 3.26. The number of hydrogen-bond donors (Lipinski definition) is 2. The summed E-state index contributed by atoms with van der Waals surface area (Å²) in [4.78, 5) is 17.8. The maximum absolute atomic E-state index is 7.81. The first-order valence-electron chi connectivity index (χ1n) is 13.0. The highest BCUT2D eigenvalue weighted by Crippen LogP contribution is 2.38. The Kier molecular flexibility index (Phi) is 6.25. The van der Waals surface area contributed by atoms with Gasteiger partial charge in [0, 0.05) is 23.8 Å². The van der Waals surface area contributed by atoms with E-state index in [1.54, 1.807) is 31.9 Å². The van der Waals surface area contributed by atoms with Crippen LogP contribution in [0.15, 0.2) is 67.3 Å². The Bertz CT molecular complexity index is 1640. The quantitative estimate of drug-likeness (QED) is 0.309. The zero-order chi connectivity index (χ0) is 26.8. The molecule has 1 aliphatic heterocycles. The number of nitrogens with zero attached hydrogens (tertiary/aromatic N) is 4. The van der Waals surface area contributed by atoms with E-state index in [0.29, 0.717) is 36.2 Å². The second kappa shape index (κ2) is 10.5. The summed E-state index contributed by atoms with van der Waals surface area (Å²) in [5, 5.41) is 5.82. The molecule has 0 spiro atoms. The van der Waals surface area contributed by atoms with Crippen LogP contribution in [0.3, 0.4) is 0 Å². The number of benzene rings is 3. The summed E-state index contributed by atoms with van der Waals surface area (Å²) in [6.45, 7) is 1.35. The molecule has 9 nitrogen and oxygen atoms in total. The number of hydrogen-bond acceptors (Lipinski definition) is 9. The van der Waals surface area contributed by atoms with Gasteiger partial charge in [-0.15, -0.1) is 0 Å². The van der Waals surface area contributed by atoms with Crippen LogP contribution in [0.5, 0.6) is 17.2 Å². The first-order chi connectivity index (χ1) is 19.1. The van der Waals surface area contributed by atoms with Crippen LogP contribution in [0.25, 0.3) is 33.1 Å². The highest BCUT2D eigenvalue weighted by atomic mass is 16.5. The molecule has 192 valence electrons. The molecular formula is C29H28N6O3. The molecule has 2 aromatic heterocycles. The summed E-state index contributed by atoms with van der Waals surface area (Å²) in [5.74, 6) is 2.54. The third-order valence-corrected chi connectivity index (χ3v) is 6.69. The third-order valence-electron chi connectivity index (χ3n) is 6.69. The summed E-state index contributed by atoms with van der Waals surface area (Å²) in [6.07, 6.45) is 6.49. The molecule has 0 aliphatic carbocycles. The Hall–Kier alpha value is -4.50. The lowest BCUT2D eigenvalue weighted by atomic mass is 10.0. The van der Waals surface area contributed by atoms with Crippen LogP contribution in [-0.2, 0) is 0 Å². The second-order valence-corrected chi connectivity index (χ2v) is 9.03. The molecule has 0 radical (unpaired) electrons. The minimum Gasteiger partial charge on any atom is -0.495 e. The molecule has 1 aliphatic rings. The van der Waals surface area contributed by atoms with Crippen LogP contribution >= 0.6 is 0 Å². The van der Waals surface area contributed by atoms with E-state index < -0.39 is 0 Å². The molecule has 0 amide bonds. The number of rotatable bonds is 7. The zero-order valence-corrected chi connectivity index (χ0v) is 21.2. The van der Waals surface area contributed by atoms with Gasteiger partial charge in [0.15, 0.2) is 11.5 Å². The number of aromatic nitrogens is 4. The minimum atomic E-state index is 0.0161. The summed E-state index contributed by atoms with van der Waals surface area (Å²) in [5.41, 5.74) is 5.17. The number of fused-ring (bicyclic) bond motifs is 2. The van der Waals surface area contributed by atoms with Crippen LogP contribution in [0.2, 0.25) is 1.41 Å². The molecule has 0 saturated carbocycles. The molecule has 2 N–H and O–H groups in total. The molecule has 1 saturated heterocycles. The average Bonchev–Trinajstić information content (AvgIpc) is 2.98. The predicted molar refractivity (Wildman–Crippen MR) is 147 cm³/mol. The van der Waals surface area contributed by atoms with Crippen molar-refractivity contribution < 1.29 is 15.6 Å². The SMILES string of the molecule is [2H]N1CCC(Oc2cc3c(Nc4cc(-c5ccc6nccnc6c5)ccc4OC)ncnc3cc2OC)CC1. The van der Waals surface area contributed by atoms with E-state index in [1.807, 2.05) is 48.5 Å². The van der Waals surface area contributed by atoms with Gasteiger partial charge in [-0.2, -0.15) is 0 Å². The fourth-order valence-electron chi connectivity index (χ4n) is 4.70. The van der Waals surface area contributed by atoms with Gasteiger partial charge in [0.25, 0.3) is 0 Å². The van der Waals surface area contributed by atoms with Crippen molar-refractivity contribution in [3.8, 4) is 28.4 Å². The number of piperidine rings is 1. The van der Waals surface area contributed by atoms with Crippen molar-refractivity contribution in [1.29, 1.82) is 0 Å². The predicted octanol–water partition coefficient (Wildman–Crippen LogP) is 5.13. The molecule has 1 fully saturated rings. The molecule has 3 aromatic carbocycles. The summed E-state index contributed by atoms with van der Waals surface area (Å²) in [6, 6.07) is 15.8. The second-order valence-electron chi connectivity index (χ2n) is 9.03. The van der Waals surface area contributed by atoms with Gasteiger partial charge in [0.1, 0.15) is 25.4 Å². The lowest BCUT2D eigenvalue weighted by Crippen LogP contribution is -2.34. The summed E-state index contributed by atoms with van der Waals surface area (Å²) >= 11 is 0. The van der Waals surface area contributed by atoms with Crippen molar-refractivity contribution in [3.63, 3.8) is 0 Å². The molecular weight excluding hydrogens is 480 g/mol. The lowest BCUT2D eigenvalue weighted by Gasteiger charge is -2.25. The van der Waals surface area contributed by atoms with Gasteiger partial charge in [0.05, 0.1) is 36.5 Å². The molecule has 38 heavy (non-hydrogen) atoms. The van der Waals surface area contributed by atoms with E-state index >= 15 is 0 Å². The number of anilines is 2. The van der Waals surface area contributed by atoms with Gasteiger partial charge in [-0.25, -0.2) is 9.97 Å². The van der Waals surface area contributed by atoms with Gasteiger partial charge in [-0.05, 0) is 67.4 Å². The Morgan fingerprint density at radius 1 is 0.789 bits per heavy atom. The maximum Gasteiger partial charge on any atom is 0.162 e.